The highest BCUT2D eigenvalue weighted by molar-refractivity contribution is 5.87. The number of nitriles is 1. The van der Waals surface area contributed by atoms with Crippen molar-refractivity contribution in [3.8, 4) is 6.07 Å². The second-order valence-corrected chi connectivity index (χ2v) is 3.52. The zero-order chi connectivity index (χ0) is 14.0. The maximum Gasteiger partial charge on any atom is 0.306 e. The van der Waals surface area contributed by atoms with Crippen molar-refractivity contribution in [2.24, 2.45) is 5.73 Å². The fraction of sp³-hybridized carbons (Fsp3) is 0.636. The fourth-order valence-electron chi connectivity index (χ4n) is 1.21. The van der Waals surface area contributed by atoms with Crippen molar-refractivity contribution in [1.82, 2.24) is 5.32 Å². The number of nitrogens with one attached hydrogen (secondary N) is 1. The number of nitrogens with two attached hydrogens (primary N) is 1. The molecule has 2 amide bonds. The summed E-state index contributed by atoms with van der Waals surface area (Å²) in [6.45, 7) is 1.93. The first-order valence-corrected chi connectivity index (χ1v) is 5.62. The van der Waals surface area contributed by atoms with Crippen molar-refractivity contribution < 1.29 is 19.1 Å². The Morgan fingerprint density at radius 1 is 1.39 bits per heavy atom. The second-order valence-electron chi connectivity index (χ2n) is 3.52. The minimum absolute atomic E-state index is 0.0522. The van der Waals surface area contributed by atoms with Gasteiger partial charge in [-0.3, -0.25) is 14.4 Å². The van der Waals surface area contributed by atoms with Gasteiger partial charge in [-0.15, -0.1) is 0 Å². The zero-order valence-electron chi connectivity index (χ0n) is 10.3. The van der Waals surface area contributed by atoms with Crippen LogP contribution >= 0.6 is 0 Å². The Morgan fingerprint density at radius 3 is 2.56 bits per heavy atom. The van der Waals surface area contributed by atoms with Crippen molar-refractivity contribution in [2.75, 3.05) is 6.61 Å². The predicted octanol–water partition coefficient (Wildman–Crippen LogP) is -0.396. The summed E-state index contributed by atoms with van der Waals surface area (Å²) in [6, 6.07) is 0.984. The molecule has 0 fully saturated rings. The van der Waals surface area contributed by atoms with Crippen LogP contribution < -0.4 is 11.1 Å². The van der Waals surface area contributed by atoms with Gasteiger partial charge in [0.2, 0.25) is 11.8 Å². The Balaban J connectivity index is 4.06. The van der Waals surface area contributed by atoms with Crippen LogP contribution in [-0.2, 0) is 19.1 Å². The summed E-state index contributed by atoms with van der Waals surface area (Å²) in [5.41, 5.74) is 5.07. The molecule has 100 valence electrons. The van der Waals surface area contributed by atoms with Gasteiger partial charge in [0, 0.05) is 12.8 Å². The van der Waals surface area contributed by atoms with Crippen LogP contribution in [0.25, 0.3) is 0 Å². The van der Waals surface area contributed by atoms with Crippen LogP contribution in [0.4, 0.5) is 0 Å². The molecule has 0 heterocycles. The standard InChI is InChI=1S/C11H17N3O4/c1-2-18-10(16)6-5-9(15)14-8(11(13)17)4-3-7-12/h8H,2-6H2,1H3,(H2,13,17)(H,14,15)/t8-/m0/s1. The molecule has 0 radical (unpaired) electrons. The Bertz CT molecular complexity index is 349. The number of nitrogens with zero attached hydrogens (tertiary/aromatic N) is 1. The number of esters is 1. The number of hydrogen-bond donors (Lipinski definition) is 2. The summed E-state index contributed by atoms with van der Waals surface area (Å²) < 4.78 is 4.66. The molecule has 0 rings (SSSR count). The van der Waals surface area contributed by atoms with Crippen LogP contribution in [-0.4, -0.2) is 30.4 Å². The van der Waals surface area contributed by atoms with Gasteiger partial charge in [0.05, 0.1) is 19.1 Å². The molecule has 0 saturated carbocycles. The molecule has 0 aliphatic carbocycles. The van der Waals surface area contributed by atoms with Crippen LogP contribution in [0.3, 0.4) is 0 Å². The number of amides is 2. The lowest BCUT2D eigenvalue weighted by molar-refractivity contribution is -0.144. The molecule has 0 aromatic rings. The molecular weight excluding hydrogens is 238 g/mol. The third-order valence-corrected chi connectivity index (χ3v) is 2.08. The number of primary amides is 1. The molecular formula is C11H17N3O4. The Hall–Kier alpha value is -2.10. The van der Waals surface area contributed by atoms with E-state index in [0.29, 0.717) is 0 Å². The monoisotopic (exact) mass is 255 g/mol. The number of ether oxygens (including phenoxy) is 1. The Labute approximate surface area is 105 Å². The normalized spacial score (nSPS) is 11.1. The Kier molecular flexibility index (Phi) is 7.94. The van der Waals surface area contributed by atoms with Gasteiger partial charge in [0.15, 0.2) is 0 Å². The summed E-state index contributed by atoms with van der Waals surface area (Å²) in [6.07, 6.45) is 0.154. The number of carbonyl (C=O) groups excluding carboxylic acids is 3. The third kappa shape index (κ3) is 7.22. The first kappa shape index (κ1) is 15.9. The quantitative estimate of drug-likeness (QED) is 0.571. The van der Waals surface area contributed by atoms with E-state index in [0.717, 1.165) is 0 Å². The van der Waals surface area contributed by atoms with Crippen molar-refractivity contribution in [3.05, 3.63) is 0 Å². The first-order valence-electron chi connectivity index (χ1n) is 5.62. The highest BCUT2D eigenvalue weighted by atomic mass is 16.5. The molecule has 0 aliphatic rings. The zero-order valence-corrected chi connectivity index (χ0v) is 10.3. The molecule has 3 N–H and O–H groups in total. The number of rotatable bonds is 8. The van der Waals surface area contributed by atoms with Gasteiger partial charge in [-0.25, -0.2) is 0 Å². The molecule has 0 aromatic carbocycles. The molecule has 0 saturated heterocycles. The molecule has 1 atom stereocenters. The van der Waals surface area contributed by atoms with E-state index in [1.807, 2.05) is 6.07 Å². The van der Waals surface area contributed by atoms with Gasteiger partial charge in [-0.2, -0.15) is 5.26 Å². The molecule has 7 heteroatoms. The van der Waals surface area contributed by atoms with E-state index in [-0.39, 0.29) is 32.3 Å². The molecule has 0 spiro atoms. The van der Waals surface area contributed by atoms with Crippen LogP contribution in [0.5, 0.6) is 0 Å². The maximum atomic E-state index is 11.4. The number of carbonyl (C=O) groups is 3. The van der Waals surface area contributed by atoms with Crippen molar-refractivity contribution >= 4 is 17.8 Å². The van der Waals surface area contributed by atoms with Crippen LogP contribution in [0.15, 0.2) is 0 Å². The van der Waals surface area contributed by atoms with Crippen LogP contribution in [0, 0.1) is 11.3 Å². The minimum atomic E-state index is -0.876. The molecule has 0 unspecified atom stereocenters. The van der Waals surface area contributed by atoms with Gasteiger partial charge in [-0.05, 0) is 13.3 Å². The Morgan fingerprint density at radius 2 is 2.06 bits per heavy atom. The van der Waals surface area contributed by atoms with Gasteiger partial charge in [0.1, 0.15) is 6.04 Å². The minimum Gasteiger partial charge on any atom is -0.466 e. The summed E-state index contributed by atoms with van der Waals surface area (Å²) in [4.78, 5) is 33.4. The van der Waals surface area contributed by atoms with Crippen molar-refractivity contribution in [2.45, 2.75) is 38.6 Å². The van der Waals surface area contributed by atoms with Crippen molar-refractivity contribution in [1.29, 1.82) is 5.26 Å². The van der Waals surface area contributed by atoms with Gasteiger partial charge < -0.3 is 15.8 Å². The molecule has 18 heavy (non-hydrogen) atoms. The molecule has 0 bridgehead atoms. The summed E-state index contributed by atoms with van der Waals surface area (Å²) in [5, 5.41) is 10.8. The van der Waals surface area contributed by atoms with E-state index >= 15 is 0 Å². The number of hydrogen-bond acceptors (Lipinski definition) is 5. The molecule has 0 aromatic heterocycles. The van der Waals surface area contributed by atoms with Gasteiger partial charge in [0.25, 0.3) is 0 Å². The first-order chi connectivity index (χ1) is 8.51. The van der Waals surface area contributed by atoms with E-state index < -0.39 is 23.8 Å². The third-order valence-electron chi connectivity index (χ3n) is 2.08. The lowest BCUT2D eigenvalue weighted by atomic mass is 10.1. The highest BCUT2D eigenvalue weighted by Gasteiger charge is 2.18. The van der Waals surface area contributed by atoms with E-state index in [1.54, 1.807) is 6.92 Å². The molecule has 7 nitrogen and oxygen atoms in total. The van der Waals surface area contributed by atoms with E-state index in [2.05, 4.69) is 10.1 Å². The fourth-order valence-corrected chi connectivity index (χ4v) is 1.21. The van der Waals surface area contributed by atoms with Crippen LogP contribution in [0.1, 0.15) is 32.6 Å². The van der Waals surface area contributed by atoms with Crippen molar-refractivity contribution in [3.63, 3.8) is 0 Å². The summed E-state index contributed by atoms with van der Waals surface area (Å²) in [7, 11) is 0. The summed E-state index contributed by atoms with van der Waals surface area (Å²) in [5.74, 6) is -1.64. The average molecular weight is 255 g/mol. The highest BCUT2D eigenvalue weighted by Crippen LogP contribution is 1.99. The maximum absolute atomic E-state index is 11.4. The van der Waals surface area contributed by atoms with E-state index in [9.17, 15) is 14.4 Å². The SMILES string of the molecule is CCOC(=O)CCC(=O)N[C@@H](CCC#N)C(N)=O. The molecule has 0 aliphatic heterocycles. The van der Waals surface area contributed by atoms with E-state index in [1.165, 1.54) is 0 Å². The topological polar surface area (TPSA) is 122 Å². The predicted molar refractivity (Wildman–Crippen MR) is 61.8 cm³/mol. The lowest BCUT2D eigenvalue weighted by Crippen LogP contribution is -2.44. The lowest BCUT2D eigenvalue weighted by Gasteiger charge is -2.13. The summed E-state index contributed by atoms with van der Waals surface area (Å²) >= 11 is 0. The van der Waals surface area contributed by atoms with E-state index in [4.69, 9.17) is 11.0 Å². The van der Waals surface area contributed by atoms with Gasteiger partial charge in [-0.1, -0.05) is 0 Å². The second kappa shape index (κ2) is 8.98. The average Bonchev–Trinajstić information content (AvgIpc) is 2.32. The smallest absolute Gasteiger partial charge is 0.306 e. The van der Waals surface area contributed by atoms with Crippen LogP contribution in [0.2, 0.25) is 0 Å². The van der Waals surface area contributed by atoms with Gasteiger partial charge >= 0.3 is 5.97 Å². The largest absolute Gasteiger partial charge is 0.466 e.